The molecule has 2 amide bonds. The largest absolute Gasteiger partial charge is 0.382 e. The van der Waals surface area contributed by atoms with Crippen molar-refractivity contribution < 1.29 is 4.79 Å². The number of nitrogens with zero attached hydrogens (tertiary/aromatic N) is 4. The fourth-order valence-electron chi connectivity index (χ4n) is 5.11. The van der Waals surface area contributed by atoms with Crippen LogP contribution in [0.5, 0.6) is 0 Å². The number of nitrogens with one attached hydrogen (secondary N) is 2. The number of rotatable bonds is 3. The van der Waals surface area contributed by atoms with Crippen LogP contribution >= 0.6 is 0 Å². The smallest absolute Gasteiger partial charge is 0.327 e. The van der Waals surface area contributed by atoms with Gasteiger partial charge in [-0.15, -0.1) is 0 Å². The maximum absolute atomic E-state index is 13.7. The molecule has 1 unspecified atom stereocenters. The summed E-state index contributed by atoms with van der Waals surface area (Å²) in [5, 5.41) is 6.63. The first-order chi connectivity index (χ1) is 16.6. The van der Waals surface area contributed by atoms with Gasteiger partial charge in [0.15, 0.2) is 5.82 Å². The molecule has 178 valence electrons. The molecule has 0 radical (unpaired) electrons. The number of piperidine rings is 1. The van der Waals surface area contributed by atoms with Crippen LogP contribution in [-0.4, -0.2) is 42.9 Å². The van der Waals surface area contributed by atoms with Gasteiger partial charge in [0.05, 0.1) is 5.69 Å². The topological polar surface area (TPSA) is 72.9 Å². The Labute approximate surface area is 202 Å². The van der Waals surface area contributed by atoms with Crippen LogP contribution < -0.4 is 20.4 Å². The van der Waals surface area contributed by atoms with Crippen molar-refractivity contribution in [1.29, 1.82) is 0 Å². The molecule has 4 heterocycles. The SMILES string of the molecule is CC1CCCN(c2ccc3c(n2)N(C(=O)Nc2cccc(C4=CN=CC4)c2)[C@@H](C)CCCN3)C1. The molecule has 0 bridgehead atoms. The first-order valence-electron chi connectivity index (χ1n) is 12.5. The Bertz CT molecular complexity index is 1110. The molecular weight excluding hydrogens is 424 g/mol. The van der Waals surface area contributed by atoms with Crippen molar-refractivity contribution in [3.05, 3.63) is 48.2 Å². The quantitative estimate of drug-likeness (QED) is 0.613. The number of hydrogen-bond acceptors (Lipinski definition) is 5. The lowest BCUT2D eigenvalue weighted by Crippen LogP contribution is -2.44. The number of benzene rings is 1. The Morgan fingerprint density at radius 2 is 2.06 bits per heavy atom. The summed E-state index contributed by atoms with van der Waals surface area (Å²) in [5.74, 6) is 2.32. The molecule has 7 nitrogen and oxygen atoms in total. The number of carbonyl (C=O) groups excluding carboxylic acids is 1. The maximum atomic E-state index is 13.7. The Kier molecular flexibility index (Phi) is 6.52. The van der Waals surface area contributed by atoms with Gasteiger partial charge < -0.3 is 15.5 Å². The minimum absolute atomic E-state index is 0.0398. The van der Waals surface area contributed by atoms with Crippen molar-refractivity contribution in [2.75, 3.05) is 40.1 Å². The van der Waals surface area contributed by atoms with Crippen LogP contribution in [0.2, 0.25) is 0 Å². The maximum Gasteiger partial charge on any atom is 0.327 e. The van der Waals surface area contributed by atoms with Gasteiger partial charge in [0.2, 0.25) is 0 Å². The van der Waals surface area contributed by atoms with E-state index in [0.717, 1.165) is 67.2 Å². The molecule has 3 aliphatic heterocycles. The minimum atomic E-state index is -0.150. The number of pyridine rings is 1. The summed E-state index contributed by atoms with van der Waals surface area (Å²) in [4.78, 5) is 27.1. The van der Waals surface area contributed by atoms with Crippen molar-refractivity contribution in [2.45, 2.75) is 52.0 Å². The van der Waals surface area contributed by atoms with Gasteiger partial charge in [-0.2, -0.15) is 0 Å². The zero-order valence-corrected chi connectivity index (χ0v) is 20.1. The second-order valence-electron chi connectivity index (χ2n) is 9.72. The van der Waals surface area contributed by atoms with Crippen LogP contribution in [-0.2, 0) is 0 Å². The van der Waals surface area contributed by atoms with Gasteiger partial charge in [-0.1, -0.05) is 19.1 Å². The molecule has 5 rings (SSSR count). The number of aromatic nitrogens is 1. The summed E-state index contributed by atoms with van der Waals surface area (Å²) in [6.45, 7) is 7.31. The van der Waals surface area contributed by atoms with Crippen molar-refractivity contribution in [3.63, 3.8) is 0 Å². The standard InChI is InChI=1S/C27H34N6O/c1-19-6-5-15-32(18-19)25-11-10-24-26(31-25)33(20(2)7-4-13-29-24)27(34)30-23-9-3-8-21(16-23)22-12-14-28-17-22/h3,8-11,14,16-17,19-20,29H,4-7,12-13,15,18H2,1-2H3,(H,30,34)/t19?,20-/m0/s1. The fraction of sp³-hybridized carbons (Fsp3) is 0.444. The molecule has 2 aromatic rings. The van der Waals surface area contributed by atoms with E-state index in [4.69, 9.17) is 4.98 Å². The first-order valence-corrected chi connectivity index (χ1v) is 12.5. The Morgan fingerprint density at radius 1 is 1.15 bits per heavy atom. The van der Waals surface area contributed by atoms with E-state index in [9.17, 15) is 4.79 Å². The fourth-order valence-corrected chi connectivity index (χ4v) is 5.11. The third-order valence-electron chi connectivity index (χ3n) is 6.97. The lowest BCUT2D eigenvalue weighted by atomic mass is 10.0. The lowest BCUT2D eigenvalue weighted by molar-refractivity contribution is 0.254. The van der Waals surface area contributed by atoms with E-state index in [2.05, 4.69) is 52.6 Å². The normalized spacial score (nSPS) is 22.4. The van der Waals surface area contributed by atoms with Gasteiger partial charge in [-0.05, 0) is 73.9 Å². The number of anilines is 4. The Hall–Kier alpha value is -3.35. The highest BCUT2D eigenvalue weighted by Gasteiger charge is 2.29. The molecular formula is C27H34N6O. The molecule has 3 aliphatic rings. The highest BCUT2D eigenvalue weighted by Crippen LogP contribution is 2.33. The molecule has 7 heteroatoms. The summed E-state index contributed by atoms with van der Waals surface area (Å²) in [7, 11) is 0. The summed E-state index contributed by atoms with van der Waals surface area (Å²) >= 11 is 0. The number of urea groups is 1. The number of aliphatic imine (C=N–C) groups is 1. The van der Waals surface area contributed by atoms with Crippen molar-refractivity contribution in [3.8, 4) is 0 Å². The molecule has 0 aliphatic carbocycles. The Morgan fingerprint density at radius 3 is 2.88 bits per heavy atom. The molecule has 2 atom stereocenters. The zero-order chi connectivity index (χ0) is 23.5. The summed E-state index contributed by atoms with van der Waals surface area (Å²) < 4.78 is 0. The highest BCUT2D eigenvalue weighted by atomic mass is 16.2. The van der Waals surface area contributed by atoms with Gasteiger partial charge in [-0.3, -0.25) is 9.89 Å². The second-order valence-corrected chi connectivity index (χ2v) is 9.72. The lowest BCUT2D eigenvalue weighted by Gasteiger charge is -2.35. The van der Waals surface area contributed by atoms with E-state index in [0.29, 0.717) is 11.7 Å². The van der Waals surface area contributed by atoms with E-state index in [1.165, 1.54) is 12.8 Å². The van der Waals surface area contributed by atoms with Crippen LogP contribution in [0.4, 0.5) is 27.8 Å². The molecule has 2 N–H and O–H groups in total. The number of hydrogen-bond donors (Lipinski definition) is 2. The molecule has 1 fully saturated rings. The summed E-state index contributed by atoms with van der Waals surface area (Å²) in [6.07, 6.45) is 8.96. The molecule has 1 aromatic carbocycles. The molecule has 0 saturated carbocycles. The predicted molar refractivity (Wildman–Crippen MR) is 141 cm³/mol. The number of fused-ring (bicyclic) bond motifs is 1. The van der Waals surface area contributed by atoms with E-state index in [-0.39, 0.29) is 12.1 Å². The molecule has 1 aromatic heterocycles. The molecule has 1 saturated heterocycles. The van der Waals surface area contributed by atoms with Crippen molar-refractivity contribution in [2.24, 2.45) is 10.9 Å². The average Bonchev–Trinajstić information content (AvgIpc) is 3.37. The predicted octanol–water partition coefficient (Wildman–Crippen LogP) is 5.77. The Balaban J connectivity index is 1.44. The van der Waals surface area contributed by atoms with Crippen LogP contribution in [0.25, 0.3) is 5.57 Å². The summed E-state index contributed by atoms with van der Waals surface area (Å²) in [5.41, 5.74) is 3.93. The molecule has 0 spiro atoms. The van der Waals surface area contributed by atoms with Gasteiger partial charge in [0.25, 0.3) is 0 Å². The average molecular weight is 459 g/mol. The number of carbonyl (C=O) groups is 1. The van der Waals surface area contributed by atoms with Crippen LogP contribution in [0.1, 0.15) is 51.5 Å². The second kappa shape index (κ2) is 9.87. The van der Waals surface area contributed by atoms with E-state index < -0.39 is 0 Å². The first kappa shape index (κ1) is 22.4. The third-order valence-corrected chi connectivity index (χ3v) is 6.97. The van der Waals surface area contributed by atoms with Crippen molar-refractivity contribution >= 4 is 40.8 Å². The van der Waals surface area contributed by atoms with Crippen LogP contribution in [0, 0.1) is 5.92 Å². The van der Waals surface area contributed by atoms with Gasteiger partial charge in [0.1, 0.15) is 5.82 Å². The number of amides is 2. The van der Waals surface area contributed by atoms with Crippen molar-refractivity contribution in [1.82, 2.24) is 4.98 Å². The van der Waals surface area contributed by atoms with Crippen LogP contribution in [0.3, 0.4) is 0 Å². The van der Waals surface area contributed by atoms with E-state index >= 15 is 0 Å². The monoisotopic (exact) mass is 458 g/mol. The van der Waals surface area contributed by atoms with Gasteiger partial charge >= 0.3 is 6.03 Å². The third kappa shape index (κ3) is 4.79. The van der Waals surface area contributed by atoms with Crippen LogP contribution in [0.15, 0.2) is 47.6 Å². The zero-order valence-electron chi connectivity index (χ0n) is 20.1. The number of allylic oxidation sites excluding steroid dienone is 1. The summed E-state index contributed by atoms with van der Waals surface area (Å²) in [6, 6.07) is 12.1. The molecule has 34 heavy (non-hydrogen) atoms. The van der Waals surface area contributed by atoms with E-state index in [1.54, 1.807) is 0 Å². The van der Waals surface area contributed by atoms with Gasteiger partial charge in [-0.25, -0.2) is 9.78 Å². The van der Waals surface area contributed by atoms with E-state index in [1.807, 2.05) is 35.5 Å². The minimum Gasteiger partial charge on any atom is -0.382 e. The van der Waals surface area contributed by atoms with Gasteiger partial charge in [0, 0.05) is 50.2 Å². The highest BCUT2D eigenvalue weighted by molar-refractivity contribution is 6.04.